The first-order valence-electron chi connectivity index (χ1n) is 4.79. The Labute approximate surface area is 103 Å². The van der Waals surface area contributed by atoms with Crippen molar-refractivity contribution in [2.75, 3.05) is 11.5 Å². The molecule has 0 fully saturated rings. The molecule has 1 rings (SSSR count). The first kappa shape index (κ1) is 13.4. The van der Waals surface area contributed by atoms with Gasteiger partial charge in [0.2, 0.25) is 0 Å². The van der Waals surface area contributed by atoms with Gasteiger partial charge in [0.05, 0.1) is 17.8 Å². The normalized spacial score (nSPS) is 11.7. The first-order valence-corrected chi connectivity index (χ1v) is 7.41. The number of hydrogen-bond donors (Lipinski definition) is 0. The minimum atomic E-state index is -3.06. The molecule has 0 aliphatic carbocycles. The van der Waals surface area contributed by atoms with Crippen LogP contribution in [0.3, 0.4) is 0 Å². The van der Waals surface area contributed by atoms with E-state index in [0.29, 0.717) is 10.2 Å². The molecule has 0 N–H and O–H groups in total. The monoisotopic (exact) mass is 308 g/mol. The molecule has 0 amide bonds. The van der Waals surface area contributed by atoms with Gasteiger partial charge in [0.15, 0.2) is 9.84 Å². The van der Waals surface area contributed by atoms with Crippen molar-refractivity contribution in [2.24, 2.45) is 0 Å². The van der Waals surface area contributed by atoms with Crippen LogP contribution in [0.4, 0.5) is 0 Å². The molecule has 0 atom stereocenters. The molecule has 16 heavy (non-hydrogen) atoms. The van der Waals surface area contributed by atoms with E-state index >= 15 is 0 Å². The van der Waals surface area contributed by atoms with Crippen molar-refractivity contribution < 1.29 is 8.42 Å². The van der Waals surface area contributed by atoms with Gasteiger partial charge >= 0.3 is 0 Å². The standard InChI is InChI=1S/C9H13BrN2O3S/c1-3-16(14,15)5-4-12-6-11-7(2)8(10)9(12)13/h6H,3-5H2,1-2H3. The smallest absolute Gasteiger partial charge is 0.267 e. The summed E-state index contributed by atoms with van der Waals surface area (Å²) in [7, 11) is -3.06. The molecule has 0 bridgehead atoms. The average Bonchev–Trinajstić information content (AvgIpc) is 2.25. The molecule has 0 saturated carbocycles. The largest absolute Gasteiger partial charge is 0.297 e. The summed E-state index contributed by atoms with van der Waals surface area (Å²) in [5.74, 6) is 0.0444. The Morgan fingerprint density at radius 3 is 2.69 bits per heavy atom. The lowest BCUT2D eigenvalue weighted by Crippen LogP contribution is -2.26. The van der Waals surface area contributed by atoms with Crippen molar-refractivity contribution in [3.8, 4) is 0 Å². The fourth-order valence-electron chi connectivity index (χ4n) is 1.09. The fraction of sp³-hybridized carbons (Fsp3) is 0.556. The van der Waals surface area contributed by atoms with Crippen LogP contribution in [0.25, 0.3) is 0 Å². The van der Waals surface area contributed by atoms with E-state index in [9.17, 15) is 13.2 Å². The van der Waals surface area contributed by atoms with Crippen molar-refractivity contribution in [3.05, 3.63) is 26.8 Å². The van der Waals surface area contributed by atoms with E-state index in [1.807, 2.05) is 0 Å². The summed E-state index contributed by atoms with van der Waals surface area (Å²) in [6.07, 6.45) is 1.37. The molecule has 0 radical (unpaired) electrons. The van der Waals surface area contributed by atoms with Crippen molar-refractivity contribution in [2.45, 2.75) is 20.4 Å². The maximum Gasteiger partial charge on any atom is 0.267 e. The summed E-state index contributed by atoms with van der Waals surface area (Å²) in [6, 6.07) is 0. The first-order chi connectivity index (χ1) is 7.37. The maximum atomic E-state index is 11.7. The third-order valence-corrected chi connectivity index (χ3v) is 4.84. The Kier molecular flexibility index (Phi) is 4.26. The van der Waals surface area contributed by atoms with Gasteiger partial charge in [0.25, 0.3) is 5.56 Å². The number of aryl methyl sites for hydroxylation is 2. The highest BCUT2D eigenvalue weighted by Crippen LogP contribution is 2.06. The number of nitrogens with zero attached hydrogens (tertiary/aromatic N) is 2. The number of hydrogen-bond acceptors (Lipinski definition) is 4. The average molecular weight is 309 g/mol. The van der Waals surface area contributed by atoms with Gasteiger partial charge in [-0.25, -0.2) is 13.4 Å². The molecular weight excluding hydrogens is 296 g/mol. The Balaban J connectivity index is 2.93. The topological polar surface area (TPSA) is 69.0 Å². The lowest BCUT2D eigenvalue weighted by atomic mass is 10.4. The van der Waals surface area contributed by atoms with E-state index < -0.39 is 9.84 Å². The summed E-state index contributed by atoms with van der Waals surface area (Å²) >= 11 is 3.12. The molecule has 0 unspecified atom stereocenters. The van der Waals surface area contributed by atoms with Crippen LogP contribution in [0.15, 0.2) is 15.6 Å². The van der Waals surface area contributed by atoms with Gasteiger partial charge in [-0.15, -0.1) is 0 Å². The van der Waals surface area contributed by atoms with Crippen LogP contribution in [-0.2, 0) is 16.4 Å². The van der Waals surface area contributed by atoms with Crippen molar-refractivity contribution in [1.82, 2.24) is 9.55 Å². The van der Waals surface area contributed by atoms with Gasteiger partial charge < -0.3 is 0 Å². The molecule has 0 saturated heterocycles. The molecule has 5 nitrogen and oxygen atoms in total. The number of halogens is 1. The molecule has 90 valence electrons. The van der Waals surface area contributed by atoms with Gasteiger partial charge in [-0.2, -0.15) is 0 Å². The molecule has 0 aromatic carbocycles. The number of rotatable bonds is 4. The highest BCUT2D eigenvalue weighted by Gasteiger charge is 2.10. The van der Waals surface area contributed by atoms with E-state index in [0.717, 1.165) is 0 Å². The summed E-state index contributed by atoms with van der Waals surface area (Å²) < 4.78 is 24.3. The van der Waals surface area contributed by atoms with E-state index in [4.69, 9.17) is 0 Å². The Hall–Kier alpha value is -0.690. The van der Waals surface area contributed by atoms with Crippen LogP contribution in [0.2, 0.25) is 0 Å². The second kappa shape index (κ2) is 5.09. The van der Waals surface area contributed by atoms with Gasteiger partial charge in [-0.05, 0) is 22.9 Å². The third-order valence-electron chi connectivity index (χ3n) is 2.24. The summed E-state index contributed by atoms with van der Waals surface area (Å²) in [4.78, 5) is 15.7. The van der Waals surface area contributed by atoms with Crippen LogP contribution in [0, 0.1) is 6.92 Å². The summed E-state index contributed by atoms with van der Waals surface area (Å²) in [5.41, 5.74) is 0.346. The number of sulfone groups is 1. The molecule has 0 aliphatic heterocycles. The van der Waals surface area contributed by atoms with Gasteiger partial charge in [0.1, 0.15) is 4.47 Å². The fourth-order valence-corrected chi connectivity index (χ4v) is 2.18. The minimum absolute atomic E-state index is 0.0411. The van der Waals surface area contributed by atoms with Crippen molar-refractivity contribution in [1.29, 1.82) is 0 Å². The van der Waals surface area contributed by atoms with Gasteiger partial charge in [-0.3, -0.25) is 9.36 Å². The van der Waals surface area contributed by atoms with E-state index in [1.165, 1.54) is 10.9 Å². The molecule has 1 aromatic rings. The van der Waals surface area contributed by atoms with E-state index in [2.05, 4.69) is 20.9 Å². The predicted molar refractivity (Wildman–Crippen MR) is 65.3 cm³/mol. The van der Waals surface area contributed by atoms with Crippen LogP contribution < -0.4 is 5.56 Å². The lowest BCUT2D eigenvalue weighted by molar-refractivity contribution is 0.587. The molecule has 0 aliphatic rings. The number of aromatic nitrogens is 2. The van der Waals surface area contributed by atoms with Crippen LogP contribution in [-0.4, -0.2) is 29.5 Å². The SMILES string of the molecule is CCS(=O)(=O)CCn1cnc(C)c(Br)c1=O. The quantitative estimate of drug-likeness (QED) is 0.823. The Morgan fingerprint density at radius 1 is 1.50 bits per heavy atom. The molecule has 0 spiro atoms. The molecule has 7 heteroatoms. The maximum absolute atomic E-state index is 11.7. The molecular formula is C9H13BrN2O3S. The highest BCUT2D eigenvalue weighted by atomic mass is 79.9. The van der Waals surface area contributed by atoms with Crippen LogP contribution in [0.1, 0.15) is 12.6 Å². The van der Waals surface area contributed by atoms with Crippen LogP contribution >= 0.6 is 15.9 Å². The van der Waals surface area contributed by atoms with E-state index in [-0.39, 0.29) is 23.6 Å². The van der Waals surface area contributed by atoms with Crippen molar-refractivity contribution in [3.63, 3.8) is 0 Å². The van der Waals surface area contributed by atoms with Gasteiger partial charge in [-0.1, -0.05) is 6.92 Å². The predicted octanol–water partition coefficient (Wildman–Crippen LogP) is 0.749. The molecule has 1 heterocycles. The zero-order valence-electron chi connectivity index (χ0n) is 9.10. The Morgan fingerprint density at radius 2 is 2.12 bits per heavy atom. The zero-order valence-corrected chi connectivity index (χ0v) is 11.5. The van der Waals surface area contributed by atoms with Crippen molar-refractivity contribution >= 4 is 25.8 Å². The highest BCUT2D eigenvalue weighted by molar-refractivity contribution is 9.10. The molecule has 1 aromatic heterocycles. The zero-order chi connectivity index (χ0) is 12.3. The Bertz CT molecular complexity index is 536. The van der Waals surface area contributed by atoms with Crippen LogP contribution in [0.5, 0.6) is 0 Å². The van der Waals surface area contributed by atoms with E-state index in [1.54, 1.807) is 13.8 Å². The summed E-state index contributed by atoms with van der Waals surface area (Å²) in [6.45, 7) is 3.43. The van der Waals surface area contributed by atoms with Gasteiger partial charge in [0, 0.05) is 12.3 Å². The minimum Gasteiger partial charge on any atom is -0.297 e. The second-order valence-corrected chi connectivity index (χ2v) is 6.64. The third kappa shape index (κ3) is 3.15. The summed E-state index contributed by atoms with van der Waals surface area (Å²) in [5, 5.41) is 0. The second-order valence-electron chi connectivity index (χ2n) is 3.38. The lowest BCUT2D eigenvalue weighted by Gasteiger charge is -2.06.